The Balaban J connectivity index is 0. The van der Waals surface area contributed by atoms with Crippen molar-refractivity contribution in [3.8, 4) is 0 Å². The molecule has 0 aliphatic rings. The summed E-state index contributed by atoms with van der Waals surface area (Å²) in [6, 6.07) is 0.646. The minimum atomic E-state index is -2.89. The van der Waals surface area contributed by atoms with E-state index in [0.29, 0.717) is 64.3 Å². The molecule has 0 aromatic rings. The Labute approximate surface area is 213 Å². The van der Waals surface area contributed by atoms with Crippen molar-refractivity contribution in [3.63, 3.8) is 0 Å². The van der Waals surface area contributed by atoms with Gasteiger partial charge in [-0.25, -0.2) is 9.59 Å². The Bertz CT molecular complexity index is 567. The van der Waals surface area contributed by atoms with Crippen molar-refractivity contribution in [3.05, 3.63) is 24.8 Å². The fourth-order valence-electron chi connectivity index (χ4n) is 2.71. The third kappa shape index (κ3) is 16.8. The van der Waals surface area contributed by atoms with Crippen LogP contribution in [0.15, 0.2) is 24.8 Å². The predicted octanol–water partition coefficient (Wildman–Crippen LogP) is 3.85. The lowest BCUT2D eigenvalue weighted by Crippen LogP contribution is -2.51. The highest BCUT2D eigenvalue weighted by atomic mass is 28.4. The first kappa shape index (κ1) is 35.8. The molecule has 0 saturated carbocycles. The maximum Gasteiger partial charge on any atom is 0.540 e. The van der Waals surface area contributed by atoms with E-state index in [-0.39, 0.29) is 6.23 Å². The maximum atomic E-state index is 11.3. The number of carbonyl (C=O) groups is 2. The van der Waals surface area contributed by atoms with Crippen molar-refractivity contribution in [2.75, 3.05) is 52.5 Å². The van der Waals surface area contributed by atoms with E-state index in [1.807, 2.05) is 41.5 Å². The zero-order valence-corrected chi connectivity index (χ0v) is 24.6. The predicted molar refractivity (Wildman–Crippen MR) is 138 cm³/mol. The number of carbonyl (C=O) groups excluding carboxylic acids is 2. The van der Waals surface area contributed by atoms with E-state index in [9.17, 15) is 9.59 Å². The molecular formula is C23H46O10Si2. The third-order valence-electron chi connectivity index (χ3n) is 3.95. The lowest BCUT2D eigenvalue weighted by molar-refractivity contribution is -0.139. The van der Waals surface area contributed by atoms with E-state index in [1.165, 1.54) is 0 Å². The molecule has 0 heterocycles. The average Bonchev–Trinajstić information content (AvgIpc) is 2.81. The molecule has 206 valence electrons. The van der Waals surface area contributed by atoms with Crippen molar-refractivity contribution in [2.24, 2.45) is 0 Å². The second-order valence-electron chi connectivity index (χ2n) is 6.80. The molecule has 12 heteroatoms. The first-order valence-electron chi connectivity index (χ1n) is 12.1. The molecule has 0 aliphatic heterocycles. The van der Waals surface area contributed by atoms with Gasteiger partial charge in [0, 0.05) is 57.3 Å². The minimum Gasteiger partial charge on any atom is -0.463 e. The minimum absolute atomic E-state index is 0.0220. The van der Waals surface area contributed by atoms with Crippen molar-refractivity contribution >= 4 is 29.5 Å². The second kappa shape index (κ2) is 21.9. The zero-order valence-electron chi connectivity index (χ0n) is 22.6. The van der Waals surface area contributed by atoms with Gasteiger partial charge in [-0.2, -0.15) is 0 Å². The van der Waals surface area contributed by atoms with E-state index in [2.05, 4.69) is 13.2 Å². The fourth-order valence-corrected chi connectivity index (χ4v) is 7.42. The van der Waals surface area contributed by atoms with Crippen LogP contribution >= 0.6 is 0 Å². The average molecular weight is 539 g/mol. The molecule has 0 saturated heterocycles. The monoisotopic (exact) mass is 538 g/mol. The molecule has 0 aliphatic carbocycles. The summed E-state index contributed by atoms with van der Waals surface area (Å²) in [5.74, 6) is -0.868. The summed E-state index contributed by atoms with van der Waals surface area (Å²) in [6.45, 7) is 23.1. The molecule has 0 spiro atoms. The molecule has 10 nitrogen and oxygen atoms in total. The molecule has 0 atom stereocenters. The van der Waals surface area contributed by atoms with Crippen LogP contribution in [0.2, 0.25) is 6.04 Å². The van der Waals surface area contributed by atoms with E-state index in [1.54, 1.807) is 6.92 Å². The van der Waals surface area contributed by atoms with E-state index in [0.717, 1.165) is 6.08 Å². The topological polar surface area (TPSA) is 108 Å². The van der Waals surface area contributed by atoms with Gasteiger partial charge in [-0.3, -0.25) is 0 Å². The van der Waals surface area contributed by atoms with E-state index >= 15 is 0 Å². The quantitative estimate of drug-likeness (QED) is 0.0981. The van der Waals surface area contributed by atoms with Crippen LogP contribution in [0.1, 0.15) is 54.9 Å². The molecule has 0 N–H and O–H groups in total. The lowest BCUT2D eigenvalue weighted by Gasteiger charge is -2.28. The SMILES string of the molecule is C=C(C)C(=O)OC[Si](OCC)(OCC)OCC.C=CC(=O)OCCC[Si](OCC)(OCC)OCC. The lowest BCUT2D eigenvalue weighted by atomic mass is 10.4. The number of hydrogen-bond acceptors (Lipinski definition) is 10. The summed E-state index contributed by atoms with van der Waals surface area (Å²) in [7, 11) is -5.48. The zero-order chi connectivity index (χ0) is 27.2. The second-order valence-corrected chi connectivity index (χ2v) is 12.0. The highest BCUT2D eigenvalue weighted by Gasteiger charge is 2.42. The van der Waals surface area contributed by atoms with Gasteiger partial charge in [0.2, 0.25) is 0 Å². The van der Waals surface area contributed by atoms with Crippen LogP contribution in [0, 0.1) is 0 Å². The smallest absolute Gasteiger partial charge is 0.463 e. The highest BCUT2D eigenvalue weighted by Crippen LogP contribution is 2.18. The van der Waals surface area contributed by atoms with Crippen LogP contribution in [0.3, 0.4) is 0 Å². The van der Waals surface area contributed by atoms with Crippen molar-refractivity contribution in [2.45, 2.75) is 60.9 Å². The Morgan fingerprint density at radius 3 is 1.46 bits per heavy atom. The molecule has 0 amide bonds. The van der Waals surface area contributed by atoms with Gasteiger partial charge >= 0.3 is 29.5 Å². The van der Waals surface area contributed by atoms with E-state index < -0.39 is 29.5 Å². The third-order valence-corrected chi connectivity index (χ3v) is 9.79. The number of ether oxygens (including phenoxy) is 2. The molecule has 0 bridgehead atoms. The molecule has 0 rings (SSSR count). The van der Waals surface area contributed by atoms with Crippen molar-refractivity contribution in [1.29, 1.82) is 0 Å². The Kier molecular flexibility index (Phi) is 22.3. The van der Waals surface area contributed by atoms with Gasteiger partial charge < -0.3 is 36.0 Å². The Morgan fingerprint density at radius 1 is 0.714 bits per heavy atom. The first-order chi connectivity index (χ1) is 16.6. The van der Waals surface area contributed by atoms with Gasteiger partial charge in [0.1, 0.15) is 0 Å². The largest absolute Gasteiger partial charge is 0.540 e. The molecule has 0 radical (unpaired) electrons. The fraction of sp³-hybridized carbons (Fsp3) is 0.739. The number of hydrogen-bond donors (Lipinski definition) is 0. The van der Waals surface area contributed by atoms with Gasteiger partial charge in [0.15, 0.2) is 6.23 Å². The van der Waals surface area contributed by atoms with Gasteiger partial charge in [0.05, 0.1) is 6.61 Å². The van der Waals surface area contributed by atoms with Gasteiger partial charge in [-0.15, -0.1) is 0 Å². The summed E-state index contributed by atoms with van der Waals surface area (Å²) < 4.78 is 43.6. The molecule has 0 fully saturated rings. The summed E-state index contributed by atoms with van der Waals surface area (Å²) in [6.07, 6.45) is 1.83. The van der Waals surface area contributed by atoms with Crippen LogP contribution < -0.4 is 0 Å². The molecule has 0 aromatic carbocycles. The Morgan fingerprint density at radius 2 is 1.11 bits per heavy atom. The molecule has 35 heavy (non-hydrogen) atoms. The number of esters is 2. The maximum absolute atomic E-state index is 11.3. The molecule has 0 unspecified atom stereocenters. The van der Waals surface area contributed by atoms with Gasteiger partial charge in [0.25, 0.3) is 0 Å². The van der Waals surface area contributed by atoms with Crippen LogP contribution in [-0.4, -0.2) is 82.0 Å². The van der Waals surface area contributed by atoms with Gasteiger partial charge in [-0.1, -0.05) is 13.2 Å². The van der Waals surface area contributed by atoms with Gasteiger partial charge in [-0.05, 0) is 54.9 Å². The summed E-state index contributed by atoms with van der Waals surface area (Å²) in [5, 5.41) is 0. The van der Waals surface area contributed by atoms with Crippen LogP contribution in [0.5, 0.6) is 0 Å². The summed E-state index contributed by atoms with van der Waals surface area (Å²) in [4.78, 5) is 22.2. The standard InChI is InChI=1S/C12H24O5Si.C11H22O5Si/c1-5-12(13)14-10-9-11-18(15-6-2,16-7-3)17-8-4;1-6-14-17(15-7-2,16-8-3)9-13-11(12)10(4)5/h5H,1,6-11H2,2-4H3;4,6-9H2,1-3,5H3. The number of rotatable bonds is 20. The normalized spacial score (nSPS) is 11.3. The summed E-state index contributed by atoms with van der Waals surface area (Å²) in [5.41, 5.74) is 0.345. The van der Waals surface area contributed by atoms with Crippen molar-refractivity contribution in [1.82, 2.24) is 0 Å². The van der Waals surface area contributed by atoms with Crippen molar-refractivity contribution < 1.29 is 45.6 Å². The van der Waals surface area contributed by atoms with E-state index in [4.69, 9.17) is 36.0 Å². The van der Waals surface area contributed by atoms with Crippen LogP contribution in [-0.2, 0) is 45.6 Å². The highest BCUT2D eigenvalue weighted by molar-refractivity contribution is 6.61. The molecule has 0 aromatic heterocycles. The first-order valence-corrected chi connectivity index (χ1v) is 16.0. The summed E-state index contributed by atoms with van der Waals surface area (Å²) >= 11 is 0. The molecular weight excluding hydrogens is 492 g/mol. The Hall–Kier alpha value is -1.39. The van der Waals surface area contributed by atoms with Crippen LogP contribution in [0.25, 0.3) is 0 Å². The van der Waals surface area contributed by atoms with Crippen LogP contribution in [0.4, 0.5) is 0 Å².